The Kier molecular flexibility index (Phi) is 3.01. The predicted octanol–water partition coefficient (Wildman–Crippen LogP) is 2.60. The highest BCUT2D eigenvalue weighted by Gasteiger charge is 2.38. The van der Waals surface area contributed by atoms with Gasteiger partial charge in [-0.1, -0.05) is 51.1 Å². The van der Waals surface area contributed by atoms with E-state index in [4.69, 9.17) is 4.74 Å². The Hall–Kier alpha value is -1.64. The zero-order chi connectivity index (χ0) is 12.5. The van der Waals surface area contributed by atoms with E-state index in [1.54, 1.807) is 0 Å². The molecule has 17 heavy (non-hydrogen) atoms. The van der Waals surface area contributed by atoms with Crippen LogP contribution in [0.5, 0.6) is 0 Å². The van der Waals surface area contributed by atoms with E-state index in [0.29, 0.717) is 12.3 Å². The summed E-state index contributed by atoms with van der Waals surface area (Å²) in [4.78, 5) is 16.1. The standard InChI is InChI=1S/C14H17NO2/c1-14(2,3)12-13(16)17-11(15-12)9-10-7-5-4-6-8-10/h4-8,12H,9H2,1-3H3. The average molecular weight is 231 g/mol. The molecule has 0 aliphatic carbocycles. The summed E-state index contributed by atoms with van der Waals surface area (Å²) in [6, 6.07) is 9.52. The van der Waals surface area contributed by atoms with E-state index in [9.17, 15) is 4.79 Å². The third kappa shape index (κ3) is 2.73. The van der Waals surface area contributed by atoms with Crippen molar-refractivity contribution in [2.75, 3.05) is 0 Å². The number of esters is 1. The van der Waals surface area contributed by atoms with Crippen LogP contribution in [0, 0.1) is 5.41 Å². The summed E-state index contributed by atoms with van der Waals surface area (Å²) in [6.45, 7) is 5.98. The maximum Gasteiger partial charge on any atom is 0.338 e. The summed E-state index contributed by atoms with van der Waals surface area (Å²) < 4.78 is 5.22. The lowest BCUT2D eigenvalue weighted by Crippen LogP contribution is -2.30. The van der Waals surface area contributed by atoms with Gasteiger partial charge in [0.2, 0.25) is 0 Å². The Morgan fingerprint density at radius 1 is 1.24 bits per heavy atom. The second-order valence-corrected chi connectivity index (χ2v) is 5.37. The maximum absolute atomic E-state index is 11.7. The fourth-order valence-electron chi connectivity index (χ4n) is 1.79. The largest absolute Gasteiger partial charge is 0.410 e. The van der Waals surface area contributed by atoms with Gasteiger partial charge >= 0.3 is 5.97 Å². The lowest BCUT2D eigenvalue weighted by Gasteiger charge is -2.20. The van der Waals surface area contributed by atoms with Crippen molar-refractivity contribution in [1.82, 2.24) is 0 Å². The molecule has 0 radical (unpaired) electrons. The van der Waals surface area contributed by atoms with Gasteiger partial charge in [-0.2, -0.15) is 0 Å². The molecule has 0 N–H and O–H groups in total. The van der Waals surface area contributed by atoms with E-state index in [2.05, 4.69) is 4.99 Å². The van der Waals surface area contributed by atoms with Gasteiger partial charge in [0, 0.05) is 6.42 Å². The highest BCUT2D eigenvalue weighted by Crippen LogP contribution is 2.27. The Labute approximate surface area is 102 Å². The van der Waals surface area contributed by atoms with Crippen molar-refractivity contribution >= 4 is 11.9 Å². The molecular formula is C14H17NO2. The molecule has 1 aliphatic rings. The molecule has 1 aromatic rings. The molecule has 0 aromatic heterocycles. The van der Waals surface area contributed by atoms with Crippen LogP contribution in [0.25, 0.3) is 0 Å². The van der Waals surface area contributed by atoms with Gasteiger partial charge < -0.3 is 4.74 Å². The molecule has 0 spiro atoms. The van der Waals surface area contributed by atoms with Crippen LogP contribution in [0.1, 0.15) is 26.3 Å². The van der Waals surface area contributed by atoms with Gasteiger partial charge in [0.25, 0.3) is 0 Å². The van der Waals surface area contributed by atoms with E-state index < -0.39 is 0 Å². The lowest BCUT2D eigenvalue weighted by atomic mass is 9.87. The van der Waals surface area contributed by atoms with Crippen molar-refractivity contribution in [2.24, 2.45) is 10.4 Å². The van der Waals surface area contributed by atoms with Gasteiger partial charge in [-0.05, 0) is 11.0 Å². The topological polar surface area (TPSA) is 38.7 Å². The normalized spacial score (nSPS) is 20.1. The summed E-state index contributed by atoms with van der Waals surface area (Å²) in [6.07, 6.45) is 0.582. The number of rotatable bonds is 2. The number of hydrogen-bond acceptors (Lipinski definition) is 3. The van der Waals surface area contributed by atoms with Crippen LogP contribution in [0.15, 0.2) is 35.3 Å². The minimum Gasteiger partial charge on any atom is -0.410 e. The zero-order valence-corrected chi connectivity index (χ0v) is 10.4. The van der Waals surface area contributed by atoms with E-state index >= 15 is 0 Å². The van der Waals surface area contributed by atoms with E-state index in [-0.39, 0.29) is 17.4 Å². The number of aliphatic imine (C=N–C) groups is 1. The molecule has 0 saturated heterocycles. The Morgan fingerprint density at radius 2 is 1.88 bits per heavy atom. The molecule has 1 atom stereocenters. The first-order valence-electron chi connectivity index (χ1n) is 5.79. The first-order valence-corrected chi connectivity index (χ1v) is 5.79. The van der Waals surface area contributed by atoms with E-state index in [1.807, 2.05) is 51.1 Å². The maximum atomic E-state index is 11.7. The SMILES string of the molecule is CC(C)(C)C1N=C(Cc2ccccc2)OC1=O. The second kappa shape index (κ2) is 4.32. The molecule has 0 amide bonds. The molecule has 0 bridgehead atoms. The first kappa shape index (κ1) is 11.8. The van der Waals surface area contributed by atoms with Crippen LogP contribution in [0.2, 0.25) is 0 Å². The van der Waals surface area contributed by atoms with Crippen molar-refractivity contribution in [1.29, 1.82) is 0 Å². The smallest absolute Gasteiger partial charge is 0.338 e. The number of cyclic esters (lactones) is 1. The van der Waals surface area contributed by atoms with Gasteiger partial charge in [0.1, 0.15) is 0 Å². The van der Waals surface area contributed by atoms with Crippen LogP contribution in [-0.2, 0) is 16.0 Å². The zero-order valence-electron chi connectivity index (χ0n) is 10.4. The highest BCUT2D eigenvalue weighted by molar-refractivity contribution is 5.98. The third-order valence-electron chi connectivity index (χ3n) is 2.73. The third-order valence-corrected chi connectivity index (χ3v) is 2.73. The summed E-state index contributed by atoms with van der Waals surface area (Å²) in [5.74, 6) is 0.296. The van der Waals surface area contributed by atoms with Crippen LogP contribution in [-0.4, -0.2) is 17.9 Å². The number of carbonyl (C=O) groups excluding carboxylic acids is 1. The molecule has 0 fully saturated rings. The Balaban J connectivity index is 2.12. The monoisotopic (exact) mass is 231 g/mol. The van der Waals surface area contributed by atoms with Crippen molar-refractivity contribution in [3.63, 3.8) is 0 Å². The van der Waals surface area contributed by atoms with E-state index in [0.717, 1.165) is 5.56 Å². The molecular weight excluding hydrogens is 214 g/mol. The van der Waals surface area contributed by atoms with Crippen molar-refractivity contribution in [3.05, 3.63) is 35.9 Å². The van der Waals surface area contributed by atoms with Crippen LogP contribution in [0.3, 0.4) is 0 Å². The van der Waals surface area contributed by atoms with Gasteiger partial charge in [-0.3, -0.25) is 0 Å². The van der Waals surface area contributed by atoms with E-state index in [1.165, 1.54) is 0 Å². The highest BCUT2D eigenvalue weighted by atomic mass is 16.6. The van der Waals surface area contributed by atoms with Gasteiger partial charge in [-0.25, -0.2) is 9.79 Å². The van der Waals surface area contributed by atoms with Crippen LogP contribution in [0.4, 0.5) is 0 Å². The number of benzene rings is 1. The Bertz CT molecular complexity index is 443. The predicted molar refractivity (Wildman–Crippen MR) is 66.9 cm³/mol. The second-order valence-electron chi connectivity index (χ2n) is 5.37. The fraction of sp³-hybridized carbons (Fsp3) is 0.429. The summed E-state index contributed by atoms with van der Waals surface area (Å²) in [7, 11) is 0. The van der Waals surface area contributed by atoms with Crippen molar-refractivity contribution in [2.45, 2.75) is 33.2 Å². The number of ether oxygens (including phenoxy) is 1. The van der Waals surface area contributed by atoms with Gasteiger partial charge in [-0.15, -0.1) is 0 Å². The molecule has 1 aromatic carbocycles. The summed E-state index contributed by atoms with van der Waals surface area (Å²) in [5, 5.41) is 0. The molecule has 1 unspecified atom stereocenters. The number of hydrogen-bond donors (Lipinski definition) is 0. The van der Waals surface area contributed by atoms with Gasteiger partial charge in [0.15, 0.2) is 11.9 Å². The summed E-state index contributed by atoms with van der Waals surface area (Å²) in [5.41, 5.74) is 0.920. The quantitative estimate of drug-likeness (QED) is 0.734. The van der Waals surface area contributed by atoms with Crippen LogP contribution >= 0.6 is 0 Å². The Morgan fingerprint density at radius 3 is 2.41 bits per heavy atom. The molecule has 1 aliphatic heterocycles. The number of carbonyl (C=O) groups is 1. The summed E-state index contributed by atoms with van der Waals surface area (Å²) >= 11 is 0. The average Bonchev–Trinajstić information content (AvgIpc) is 2.60. The molecule has 0 saturated carbocycles. The molecule has 3 heteroatoms. The van der Waals surface area contributed by atoms with Crippen molar-refractivity contribution < 1.29 is 9.53 Å². The molecule has 2 rings (SSSR count). The van der Waals surface area contributed by atoms with Crippen LogP contribution < -0.4 is 0 Å². The fourth-order valence-corrected chi connectivity index (χ4v) is 1.79. The molecule has 1 heterocycles. The molecule has 3 nitrogen and oxygen atoms in total. The van der Waals surface area contributed by atoms with Crippen molar-refractivity contribution in [3.8, 4) is 0 Å². The minimum absolute atomic E-state index is 0.185. The number of nitrogens with zero attached hydrogens (tertiary/aromatic N) is 1. The molecule has 90 valence electrons. The minimum atomic E-state index is -0.374. The van der Waals surface area contributed by atoms with Gasteiger partial charge in [0.05, 0.1) is 0 Å². The lowest BCUT2D eigenvalue weighted by molar-refractivity contribution is -0.137. The first-order chi connectivity index (χ1) is 7.97.